The average molecular weight is 285 g/mol. The Morgan fingerprint density at radius 1 is 1.30 bits per heavy atom. The molecule has 20 heavy (non-hydrogen) atoms. The maximum Gasteiger partial charge on any atom is 0.238 e. The second kappa shape index (κ2) is 7.91. The summed E-state index contributed by atoms with van der Waals surface area (Å²) in [4.78, 5) is 13.7. The molecule has 1 aromatic rings. The fourth-order valence-electron chi connectivity index (χ4n) is 1.62. The third kappa shape index (κ3) is 5.63. The van der Waals surface area contributed by atoms with Gasteiger partial charge in [0.2, 0.25) is 5.91 Å². The van der Waals surface area contributed by atoms with Crippen LogP contribution in [0.15, 0.2) is 18.2 Å². The van der Waals surface area contributed by atoms with Gasteiger partial charge in [0.05, 0.1) is 6.54 Å². The zero-order valence-corrected chi connectivity index (χ0v) is 12.0. The highest BCUT2D eigenvalue weighted by Crippen LogP contribution is 2.17. The minimum atomic E-state index is -0.779. The molecule has 0 heterocycles. The summed E-state index contributed by atoms with van der Waals surface area (Å²) in [6.07, 6.45) is 0.883. The van der Waals surface area contributed by atoms with Gasteiger partial charge < -0.3 is 15.5 Å². The molecule has 0 radical (unpaired) electrons. The van der Waals surface area contributed by atoms with Crippen LogP contribution in [0.3, 0.4) is 0 Å². The second-order valence-electron chi connectivity index (χ2n) is 5.02. The van der Waals surface area contributed by atoms with Crippen molar-refractivity contribution in [2.24, 2.45) is 0 Å². The van der Waals surface area contributed by atoms with E-state index in [0.717, 1.165) is 25.1 Å². The molecule has 1 amide bonds. The van der Waals surface area contributed by atoms with Crippen molar-refractivity contribution in [3.63, 3.8) is 0 Å². The number of carbonyl (C=O) groups is 1. The van der Waals surface area contributed by atoms with E-state index in [-0.39, 0.29) is 12.6 Å². The summed E-state index contributed by atoms with van der Waals surface area (Å²) < 4.78 is 26.7. The zero-order chi connectivity index (χ0) is 15.1. The van der Waals surface area contributed by atoms with Crippen molar-refractivity contribution < 1.29 is 13.6 Å². The standard InChI is InChI=1S/C14H21F2N3O/c1-10(7-8-19(2)3)17-9-13(20)18-14-11(15)5-4-6-12(14)16/h4-6,10,17H,7-9H2,1-3H3,(H,18,20). The monoisotopic (exact) mass is 285 g/mol. The Balaban J connectivity index is 2.40. The maximum absolute atomic E-state index is 13.3. The number of hydrogen-bond donors (Lipinski definition) is 2. The van der Waals surface area contributed by atoms with E-state index in [1.807, 2.05) is 25.9 Å². The van der Waals surface area contributed by atoms with Crippen LogP contribution in [0.4, 0.5) is 14.5 Å². The van der Waals surface area contributed by atoms with Gasteiger partial charge in [-0.1, -0.05) is 6.07 Å². The van der Waals surface area contributed by atoms with Crippen molar-refractivity contribution in [3.8, 4) is 0 Å². The van der Waals surface area contributed by atoms with E-state index < -0.39 is 23.2 Å². The SMILES string of the molecule is CC(CCN(C)C)NCC(=O)Nc1c(F)cccc1F. The Morgan fingerprint density at radius 2 is 1.90 bits per heavy atom. The molecule has 0 aliphatic heterocycles. The zero-order valence-electron chi connectivity index (χ0n) is 12.0. The van der Waals surface area contributed by atoms with Crippen molar-refractivity contribution in [2.45, 2.75) is 19.4 Å². The predicted molar refractivity (Wildman–Crippen MR) is 75.6 cm³/mol. The number of carbonyl (C=O) groups excluding carboxylic acids is 1. The number of halogens is 2. The number of anilines is 1. The molecule has 112 valence electrons. The molecule has 0 aliphatic rings. The Bertz CT molecular complexity index is 432. The molecule has 0 bridgehead atoms. The summed E-state index contributed by atoms with van der Waals surface area (Å²) >= 11 is 0. The lowest BCUT2D eigenvalue weighted by molar-refractivity contribution is -0.115. The number of hydrogen-bond acceptors (Lipinski definition) is 3. The van der Waals surface area contributed by atoms with Gasteiger partial charge in [-0.05, 0) is 46.1 Å². The smallest absolute Gasteiger partial charge is 0.238 e. The van der Waals surface area contributed by atoms with Crippen LogP contribution in [0, 0.1) is 11.6 Å². The first-order valence-corrected chi connectivity index (χ1v) is 6.52. The molecule has 0 aliphatic carbocycles. The Hall–Kier alpha value is -1.53. The summed E-state index contributed by atoms with van der Waals surface area (Å²) in [7, 11) is 3.95. The highest BCUT2D eigenvalue weighted by molar-refractivity contribution is 5.92. The van der Waals surface area contributed by atoms with Crippen molar-refractivity contribution in [3.05, 3.63) is 29.8 Å². The molecule has 0 aromatic heterocycles. The highest BCUT2D eigenvalue weighted by Gasteiger charge is 2.12. The predicted octanol–water partition coefficient (Wildman–Crippen LogP) is 1.83. The third-order valence-electron chi connectivity index (χ3n) is 2.85. The topological polar surface area (TPSA) is 44.4 Å². The summed E-state index contributed by atoms with van der Waals surface area (Å²) in [6.45, 7) is 2.88. The van der Waals surface area contributed by atoms with Crippen molar-refractivity contribution >= 4 is 11.6 Å². The number of benzene rings is 1. The van der Waals surface area contributed by atoms with E-state index in [2.05, 4.69) is 10.6 Å². The minimum absolute atomic E-state index is 0.0162. The van der Waals surface area contributed by atoms with E-state index in [4.69, 9.17) is 0 Å². The minimum Gasteiger partial charge on any atom is -0.320 e. The van der Waals surface area contributed by atoms with Gasteiger partial charge in [-0.3, -0.25) is 4.79 Å². The number of amides is 1. The molecule has 1 aromatic carbocycles. The van der Waals surface area contributed by atoms with E-state index >= 15 is 0 Å². The van der Waals surface area contributed by atoms with Crippen molar-refractivity contribution in [1.82, 2.24) is 10.2 Å². The molecule has 0 spiro atoms. The Morgan fingerprint density at radius 3 is 2.45 bits per heavy atom. The fourth-order valence-corrected chi connectivity index (χ4v) is 1.62. The molecule has 0 saturated heterocycles. The second-order valence-corrected chi connectivity index (χ2v) is 5.02. The molecular weight excluding hydrogens is 264 g/mol. The van der Waals surface area contributed by atoms with Gasteiger partial charge in [0.15, 0.2) is 0 Å². The third-order valence-corrected chi connectivity index (χ3v) is 2.85. The van der Waals surface area contributed by atoms with E-state index in [0.29, 0.717) is 0 Å². The van der Waals surface area contributed by atoms with Gasteiger partial charge in [0, 0.05) is 6.04 Å². The Kier molecular flexibility index (Phi) is 6.54. The summed E-state index contributed by atoms with van der Waals surface area (Å²) in [5.41, 5.74) is -0.403. The molecule has 1 atom stereocenters. The lowest BCUT2D eigenvalue weighted by Gasteiger charge is -2.16. The normalized spacial score (nSPS) is 12.5. The van der Waals surface area contributed by atoms with Crippen molar-refractivity contribution in [1.29, 1.82) is 0 Å². The lowest BCUT2D eigenvalue weighted by atomic mass is 10.2. The molecule has 2 N–H and O–H groups in total. The first-order chi connectivity index (χ1) is 9.40. The van der Waals surface area contributed by atoms with Gasteiger partial charge >= 0.3 is 0 Å². The van der Waals surface area contributed by atoms with Crippen LogP contribution >= 0.6 is 0 Å². The van der Waals surface area contributed by atoms with E-state index in [9.17, 15) is 13.6 Å². The summed E-state index contributed by atoms with van der Waals surface area (Å²) in [5.74, 6) is -2.02. The van der Waals surface area contributed by atoms with Gasteiger partial charge in [-0.25, -0.2) is 8.78 Å². The fraction of sp³-hybridized carbons (Fsp3) is 0.500. The first-order valence-electron chi connectivity index (χ1n) is 6.52. The summed E-state index contributed by atoms with van der Waals surface area (Å²) in [5, 5.41) is 5.25. The van der Waals surface area contributed by atoms with Gasteiger partial charge in [0.25, 0.3) is 0 Å². The maximum atomic E-state index is 13.3. The number of para-hydroxylation sites is 1. The highest BCUT2D eigenvalue weighted by atomic mass is 19.1. The van der Waals surface area contributed by atoms with Crippen LogP contribution in [-0.4, -0.2) is 44.0 Å². The van der Waals surface area contributed by atoms with Gasteiger partial charge in [-0.2, -0.15) is 0 Å². The van der Waals surface area contributed by atoms with E-state index in [1.54, 1.807) is 0 Å². The van der Waals surface area contributed by atoms with Crippen LogP contribution in [0.5, 0.6) is 0 Å². The quantitative estimate of drug-likeness (QED) is 0.803. The number of nitrogens with one attached hydrogen (secondary N) is 2. The van der Waals surface area contributed by atoms with Gasteiger partial charge in [-0.15, -0.1) is 0 Å². The van der Waals surface area contributed by atoms with Crippen LogP contribution in [0.25, 0.3) is 0 Å². The van der Waals surface area contributed by atoms with Crippen molar-refractivity contribution in [2.75, 3.05) is 32.5 Å². The van der Waals surface area contributed by atoms with Crippen LogP contribution in [0.2, 0.25) is 0 Å². The van der Waals surface area contributed by atoms with E-state index in [1.165, 1.54) is 6.07 Å². The van der Waals surface area contributed by atoms with Gasteiger partial charge in [0.1, 0.15) is 17.3 Å². The molecule has 4 nitrogen and oxygen atoms in total. The molecule has 1 unspecified atom stereocenters. The Labute approximate surface area is 118 Å². The first kappa shape index (κ1) is 16.5. The number of rotatable bonds is 7. The van der Waals surface area contributed by atoms with Crippen LogP contribution in [0.1, 0.15) is 13.3 Å². The van der Waals surface area contributed by atoms with Crippen LogP contribution < -0.4 is 10.6 Å². The largest absolute Gasteiger partial charge is 0.320 e. The molecular formula is C14H21F2N3O. The number of nitrogens with zero attached hydrogens (tertiary/aromatic N) is 1. The lowest BCUT2D eigenvalue weighted by Crippen LogP contribution is -2.36. The molecule has 1 rings (SSSR count). The van der Waals surface area contributed by atoms with Crippen LogP contribution in [-0.2, 0) is 4.79 Å². The molecule has 6 heteroatoms. The summed E-state index contributed by atoms with van der Waals surface area (Å²) in [6, 6.07) is 3.60. The average Bonchev–Trinajstić information content (AvgIpc) is 2.38. The molecule has 0 fully saturated rings. The molecule has 0 saturated carbocycles.